The highest BCUT2D eigenvalue weighted by molar-refractivity contribution is 7.86. The molecule has 22 rings (SSSR count). The smallest absolute Gasteiger partial charge is 0.171 e. The molecule has 0 aliphatic carbocycles. The lowest BCUT2D eigenvalue weighted by Crippen LogP contribution is -2.25. The molecule has 3 aromatic heterocycles. The third-order valence-electron chi connectivity index (χ3n) is 23.0. The van der Waals surface area contributed by atoms with Crippen molar-refractivity contribution in [1.29, 1.82) is 0 Å². The summed E-state index contributed by atoms with van der Waals surface area (Å²) < 4.78 is 45.1. The van der Waals surface area contributed by atoms with E-state index in [4.69, 9.17) is 15.0 Å². The summed E-state index contributed by atoms with van der Waals surface area (Å²) in [5.41, 5.74) is 8.76. The third-order valence-corrected chi connectivity index (χ3v) is 32.1. The van der Waals surface area contributed by atoms with Crippen LogP contribution in [-0.4, -0.2) is 15.0 Å². The number of nitrogens with zero attached hydrogens (tertiary/aromatic N) is 3. The van der Waals surface area contributed by atoms with Gasteiger partial charge in [0.2, 0.25) is 0 Å². The van der Waals surface area contributed by atoms with Crippen molar-refractivity contribution in [2.75, 3.05) is 0 Å². The third kappa shape index (κ3) is 13.2. The molecule has 3 heterocycles. The van der Waals surface area contributed by atoms with Crippen LogP contribution in [0.1, 0.15) is 0 Å². The zero-order chi connectivity index (χ0) is 79.2. The minimum atomic E-state index is -3.20. The van der Waals surface area contributed by atoms with Gasteiger partial charge in [0, 0.05) is 102 Å². The molecule has 9 heteroatoms. The first-order chi connectivity index (χ1) is 58.1. The quantitative estimate of drug-likeness (QED) is 0.0688. The van der Waals surface area contributed by atoms with Gasteiger partial charge in [0.05, 0.1) is 33.6 Å². The Balaban J connectivity index is 0.000000114. The molecule has 0 spiro atoms. The number of hydrogen-bond donors (Lipinski definition) is 0. The van der Waals surface area contributed by atoms with Gasteiger partial charge in [-0.2, -0.15) is 0 Å². The van der Waals surface area contributed by atoms with Crippen LogP contribution in [0.3, 0.4) is 0 Å². The lowest BCUT2D eigenvalue weighted by atomic mass is 9.97. The highest BCUT2D eigenvalue weighted by atomic mass is 31.2. The van der Waals surface area contributed by atoms with Crippen molar-refractivity contribution in [3.05, 3.63) is 449 Å². The summed E-state index contributed by atoms with van der Waals surface area (Å²) >= 11 is 0. The molecule has 0 aliphatic heterocycles. The van der Waals surface area contributed by atoms with E-state index in [9.17, 15) is 9.13 Å². The Kier molecular flexibility index (Phi) is 19.1. The molecular weight excluding hydrogens is 1490 g/mol. The Morgan fingerprint density at radius 1 is 0.153 bits per heavy atom. The zero-order valence-corrected chi connectivity index (χ0v) is 66.8. The average molecular weight is 1570 g/mol. The van der Waals surface area contributed by atoms with Crippen LogP contribution in [-0.2, 0) is 13.7 Å². The van der Waals surface area contributed by atoms with E-state index in [-0.39, 0.29) is 0 Å². The van der Waals surface area contributed by atoms with Crippen molar-refractivity contribution in [2.45, 2.75) is 0 Å². The summed E-state index contributed by atoms with van der Waals surface area (Å²) in [4.78, 5) is 15.5. The largest absolute Gasteiger partial charge is 0.309 e. The molecule has 0 amide bonds. The molecule has 0 radical (unpaired) electrons. The molecule has 558 valence electrons. The number of pyridine rings is 3. The van der Waals surface area contributed by atoms with Gasteiger partial charge in [-0.3, -0.25) is 0 Å². The van der Waals surface area contributed by atoms with E-state index in [1.54, 1.807) is 0 Å². The normalized spacial score (nSPS) is 11.8. The number of hydrogen-bond acceptors (Lipinski definition) is 6. The van der Waals surface area contributed by atoms with E-state index in [2.05, 4.69) is 249 Å². The molecule has 0 bridgehead atoms. The Bertz CT molecular complexity index is 7550. The lowest BCUT2D eigenvalue weighted by Gasteiger charge is -2.21. The van der Waals surface area contributed by atoms with E-state index in [1.807, 2.05) is 200 Å². The Morgan fingerprint density at radius 2 is 0.424 bits per heavy atom. The van der Waals surface area contributed by atoms with Gasteiger partial charge in [0.25, 0.3) is 0 Å². The van der Waals surface area contributed by atoms with E-state index >= 15 is 4.57 Å². The van der Waals surface area contributed by atoms with Gasteiger partial charge in [0.1, 0.15) is 0 Å². The van der Waals surface area contributed by atoms with Crippen molar-refractivity contribution in [1.82, 2.24) is 15.0 Å². The van der Waals surface area contributed by atoms with Crippen LogP contribution in [0.25, 0.3) is 142 Å². The summed E-state index contributed by atoms with van der Waals surface area (Å²) in [6.07, 6.45) is 0. The van der Waals surface area contributed by atoms with Crippen LogP contribution in [0.2, 0.25) is 0 Å². The molecule has 22 aromatic rings. The molecule has 0 saturated carbocycles. The van der Waals surface area contributed by atoms with Gasteiger partial charge in [-0.05, 0) is 84.2 Å². The topological polar surface area (TPSA) is 89.9 Å². The molecular formula is C109H74N3O3P3. The number of rotatable bonds is 12. The maximum atomic E-state index is 15.5. The monoisotopic (exact) mass is 1570 g/mol. The second-order valence-corrected chi connectivity index (χ2v) is 38.1. The van der Waals surface area contributed by atoms with Crippen molar-refractivity contribution >= 4 is 177 Å². The summed E-state index contributed by atoms with van der Waals surface area (Å²) in [5, 5.41) is 26.9. The highest BCUT2D eigenvalue weighted by Crippen LogP contribution is 2.48. The lowest BCUT2D eigenvalue weighted by molar-refractivity contribution is 0.591. The Morgan fingerprint density at radius 3 is 0.847 bits per heavy atom. The van der Waals surface area contributed by atoms with Crippen LogP contribution in [0.15, 0.2) is 449 Å². The predicted octanol–water partition coefficient (Wildman–Crippen LogP) is 24.7. The predicted molar refractivity (Wildman–Crippen MR) is 502 cm³/mol. The molecule has 0 aliphatic rings. The van der Waals surface area contributed by atoms with Gasteiger partial charge in [-0.15, -0.1) is 0 Å². The first-order valence-corrected chi connectivity index (χ1v) is 44.8. The van der Waals surface area contributed by atoms with Gasteiger partial charge in [-0.25, -0.2) is 15.0 Å². The molecule has 19 aromatic carbocycles. The number of benzene rings is 19. The van der Waals surface area contributed by atoms with Crippen LogP contribution >= 0.6 is 21.4 Å². The molecule has 118 heavy (non-hydrogen) atoms. The summed E-state index contributed by atoms with van der Waals surface area (Å²) in [6.45, 7) is 0. The maximum Gasteiger partial charge on any atom is 0.171 e. The highest BCUT2D eigenvalue weighted by Gasteiger charge is 2.33. The number of fused-ring (bicyclic) bond motifs is 14. The van der Waals surface area contributed by atoms with Crippen LogP contribution in [0.5, 0.6) is 0 Å². The molecule has 0 atom stereocenters. The minimum Gasteiger partial charge on any atom is -0.309 e. The van der Waals surface area contributed by atoms with Crippen molar-refractivity contribution in [3.63, 3.8) is 0 Å². The Hall–Kier alpha value is -14.1. The van der Waals surface area contributed by atoms with Gasteiger partial charge in [0.15, 0.2) is 21.4 Å². The molecule has 0 unspecified atom stereocenters. The van der Waals surface area contributed by atoms with E-state index in [0.717, 1.165) is 157 Å². The van der Waals surface area contributed by atoms with Crippen LogP contribution < -0.4 is 47.7 Å². The molecule has 0 fully saturated rings. The fourth-order valence-corrected chi connectivity index (χ4v) is 25.0. The zero-order valence-electron chi connectivity index (χ0n) is 64.1. The number of aromatic nitrogens is 3. The van der Waals surface area contributed by atoms with E-state index in [0.29, 0.717) is 0 Å². The fourth-order valence-electron chi connectivity index (χ4n) is 17.0. The van der Waals surface area contributed by atoms with Crippen molar-refractivity contribution < 1.29 is 13.7 Å². The van der Waals surface area contributed by atoms with E-state index in [1.165, 1.54) is 32.3 Å². The van der Waals surface area contributed by atoms with Gasteiger partial charge in [-0.1, -0.05) is 419 Å². The van der Waals surface area contributed by atoms with Crippen LogP contribution in [0, 0.1) is 0 Å². The molecule has 0 saturated heterocycles. The van der Waals surface area contributed by atoms with Crippen molar-refractivity contribution in [3.8, 4) is 33.8 Å². The molecule has 0 N–H and O–H groups in total. The summed E-state index contributed by atoms with van der Waals surface area (Å²) in [5.74, 6) is 0. The van der Waals surface area contributed by atoms with Crippen LogP contribution in [0.4, 0.5) is 0 Å². The summed E-state index contributed by atoms with van der Waals surface area (Å²) in [6, 6.07) is 152. The molecule has 6 nitrogen and oxygen atoms in total. The Labute approximate surface area is 683 Å². The SMILES string of the molecule is O=P(c1ccc(-c2nc3ccccc3c3ccccc23)cc1)(c1ccc2ccccc2c1)c1ccc2ccccc2c1.O=P(c1ccccc1)(c1ccccc1)c1ccc(-c2nc3c4ccccc4ccc3c3ccccc23)cc1.O=P(c1ccccc1)(c1ccccc1)c1ccc(-c2nc3cc4ccccc4cc3c3ccccc23)cc1. The standard InChI is InChI=1S/C39H26NOP.2C35H24NOP/c41-42(33-23-17-27-9-1-3-11-30(27)25-33,34-24-18-28-10-2-4-12-31(28)26-34)32-21-19-29(20-22-32)39-37-15-6-5-13-35(37)36-14-7-8-16-38(36)40-39;37-38(28-13-3-1-4-14-28,29-15-5-2-6-16-29)30-21-19-25(20-22-30)35-32-18-10-9-17-31(32)33-23-26-11-7-8-12-27(26)24-34(33)36-35;37-38(27-12-3-1-4-13-27,28-14-5-2-6-15-28)29-22-19-26(20-23-29)34-32-18-10-9-17-31(32)33-24-21-25-11-7-8-16-30(25)35(33)36-34/h1-26H;2*1-24H. The maximum absolute atomic E-state index is 15.5. The van der Waals surface area contributed by atoms with Crippen molar-refractivity contribution in [2.24, 2.45) is 0 Å². The second kappa shape index (κ2) is 30.9. The summed E-state index contributed by atoms with van der Waals surface area (Å²) in [7, 11) is -9.26. The second-order valence-electron chi connectivity index (χ2n) is 29.8. The first-order valence-electron chi connectivity index (χ1n) is 39.7. The first kappa shape index (κ1) is 72.9. The van der Waals surface area contributed by atoms with Gasteiger partial charge >= 0.3 is 0 Å². The fraction of sp³-hybridized carbons (Fsp3) is 0. The van der Waals surface area contributed by atoms with E-state index < -0.39 is 21.4 Å². The minimum absolute atomic E-state index is 0.807. The van der Waals surface area contributed by atoms with Gasteiger partial charge < -0.3 is 13.7 Å². The number of para-hydroxylation sites is 1. The average Bonchev–Trinajstić information content (AvgIpc) is 0.745.